The first-order valence-corrected chi connectivity index (χ1v) is 7.29. The predicted octanol–water partition coefficient (Wildman–Crippen LogP) is 3.13. The lowest BCUT2D eigenvalue weighted by molar-refractivity contribution is 0.103. The summed E-state index contributed by atoms with van der Waals surface area (Å²) in [4.78, 5) is 12.6. The lowest BCUT2D eigenvalue weighted by atomic mass is 10.0. The molecule has 0 aliphatic carbocycles. The summed E-state index contributed by atoms with van der Waals surface area (Å²) < 4.78 is 1.41. The van der Waals surface area contributed by atoms with Gasteiger partial charge in [0.2, 0.25) is 5.78 Å². The predicted molar refractivity (Wildman–Crippen MR) is 87.1 cm³/mol. The molecule has 0 saturated carbocycles. The molecule has 5 nitrogen and oxygen atoms in total. The second-order valence-corrected chi connectivity index (χ2v) is 5.75. The highest BCUT2D eigenvalue weighted by Gasteiger charge is 2.15. The summed E-state index contributed by atoms with van der Waals surface area (Å²) in [5, 5.41) is 17.9. The van der Waals surface area contributed by atoms with Crippen molar-refractivity contribution in [2.45, 2.75) is 20.8 Å². The van der Waals surface area contributed by atoms with E-state index < -0.39 is 0 Å². The number of hydrogen-bond acceptors (Lipinski definition) is 4. The van der Waals surface area contributed by atoms with Crippen LogP contribution in [0.4, 0.5) is 0 Å². The molecule has 0 radical (unpaired) electrons. The Bertz CT molecular complexity index is 877. The quantitative estimate of drug-likeness (QED) is 0.755. The first-order chi connectivity index (χ1) is 10.9. The van der Waals surface area contributed by atoms with Crippen LogP contribution in [-0.4, -0.2) is 25.9 Å². The number of rotatable bonds is 3. The van der Waals surface area contributed by atoms with Crippen LogP contribution in [0.3, 0.4) is 0 Å². The zero-order chi connectivity index (χ0) is 16.6. The summed E-state index contributed by atoms with van der Waals surface area (Å²) in [5.41, 5.74) is 4.31. The second-order valence-electron chi connectivity index (χ2n) is 5.75. The Hall–Kier alpha value is -2.95. The SMILES string of the molecule is Cc1cc(C)cc(C(=O)c2cn(-c3ccc(C)cc3O)nn2)c1. The van der Waals surface area contributed by atoms with Gasteiger partial charge in [-0.1, -0.05) is 28.5 Å². The van der Waals surface area contributed by atoms with Crippen LogP contribution in [0.2, 0.25) is 0 Å². The number of aromatic hydroxyl groups is 1. The van der Waals surface area contributed by atoms with E-state index in [1.54, 1.807) is 12.1 Å². The van der Waals surface area contributed by atoms with Crippen LogP contribution in [0.15, 0.2) is 42.6 Å². The van der Waals surface area contributed by atoms with E-state index in [4.69, 9.17) is 0 Å². The monoisotopic (exact) mass is 307 g/mol. The molecule has 3 aromatic rings. The molecule has 0 aliphatic heterocycles. The zero-order valence-electron chi connectivity index (χ0n) is 13.2. The van der Waals surface area contributed by atoms with E-state index in [9.17, 15) is 9.90 Å². The topological polar surface area (TPSA) is 68.0 Å². The summed E-state index contributed by atoms with van der Waals surface area (Å²) in [6.07, 6.45) is 1.53. The molecule has 5 heteroatoms. The fraction of sp³-hybridized carbons (Fsp3) is 0.167. The highest BCUT2D eigenvalue weighted by atomic mass is 16.3. The molecule has 2 aromatic carbocycles. The molecular formula is C18H17N3O2. The Balaban J connectivity index is 1.96. The Morgan fingerprint density at radius 1 is 1.00 bits per heavy atom. The van der Waals surface area contributed by atoms with E-state index in [0.29, 0.717) is 11.3 Å². The van der Waals surface area contributed by atoms with Gasteiger partial charge in [-0.05, 0) is 50.6 Å². The number of benzene rings is 2. The minimum Gasteiger partial charge on any atom is -0.506 e. The van der Waals surface area contributed by atoms with E-state index in [2.05, 4.69) is 10.3 Å². The molecule has 1 heterocycles. The number of ketones is 1. The van der Waals surface area contributed by atoms with Crippen molar-refractivity contribution in [1.29, 1.82) is 0 Å². The largest absolute Gasteiger partial charge is 0.506 e. The van der Waals surface area contributed by atoms with Gasteiger partial charge in [-0.25, -0.2) is 4.68 Å². The molecule has 1 aromatic heterocycles. The van der Waals surface area contributed by atoms with Crippen LogP contribution in [0, 0.1) is 20.8 Å². The fourth-order valence-electron chi connectivity index (χ4n) is 2.57. The molecule has 1 N–H and O–H groups in total. The Labute approximate surface area is 134 Å². The molecule has 3 rings (SSSR count). The van der Waals surface area contributed by atoms with Crippen LogP contribution in [0.25, 0.3) is 5.69 Å². The minimum atomic E-state index is -0.186. The smallest absolute Gasteiger partial charge is 0.214 e. The van der Waals surface area contributed by atoms with Gasteiger partial charge in [0.15, 0.2) is 5.69 Å². The number of carbonyl (C=O) groups excluding carboxylic acids is 1. The van der Waals surface area contributed by atoms with Crippen LogP contribution < -0.4 is 0 Å². The number of aryl methyl sites for hydroxylation is 3. The molecule has 0 bridgehead atoms. The highest BCUT2D eigenvalue weighted by Crippen LogP contribution is 2.22. The summed E-state index contributed by atoms with van der Waals surface area (Å²) in [7, 11) is 0. The maximum Gasteiger partial charge on any atom is 0.214 e. The summed E-state index contributed by atoms with van der Waals surface area (Å²) in [6, 6.07) is 10.9. The molecule has 0 spiro atoms. The Morgan fingerprint density at radius 2 is 1.70 bits per heavy atom. The Morgan fingerprint density at radius 3 is 2.35 bits per heavy atom. The first-order valence-electron chi connectivity index (χ1n) is 7.29. The zero-order valence-corrected chi connectivity index (χ0v) is 13.2. The second kappa shape index (κ2) is 5.68. The van der Waals surface area contributed by atoms with E-state index in [1.807, 2.05) is 45.0 Å². The average molecular weight is 307 g/mol. The molecule has 0 unspecified atom stereocenters. The van der Waals surface area contributed by atoms with Gasteiger partial charge in [-0.2, -0.15) is 0 Å². The molecule has 0 saturated heterocycles. The maximum atomic E-state index is 12.6. The fourth-order valence-corrected chi connectivity index (χ4v) is 2.57. The van der Waals surface area contributed by atoms with Crippen molar-refractivity contribution >= 4 is 5.78 Å². The van der Waals surface area contributed by atoms with Gasteiger partial charge in [0, 0.05) is 5.56 Å². The molecule has 0 atom stereocenters. The van der Waals surface area contributed by atoms with E-state index in [-0.39, 0.29) is 17.2 Å². The maximum absolute atomic E-state index is 12.6. The van der Waals surface area contributed by atoms with Gasteiger partial charge in [0.1, 0.15) is 11.4 Å². The van der Waals surface area contributed by atoms with Crippen molar-refractivity contribution in [3.05, 3.63) is 70.5 Å². The van der Waals surface area contributed by atoms with Crippen molar-refractivity contribution in [3.63, 3.8) is 0 Å². The number of aromatic nitrogens is 3. The third-order valence-corrected chi connectivity index (χ3v) is 3.59. The van der Waals surface area contributed by atoms with Crippen LogP contribution in [-0.2, 0) is 0 Å². The van der Waals surface area contributed by atoms with Gasteiger partial charge in [0.05, 0.1) is 6.20 Å². The number of nitrogens with zero attached hydrogens (tertiary/aromatic N) is 3. The standard InChI is InChI=1S/C18H17N3O2/c1-11-4-5-16(17(22)9-11)21-10-15(19-20-21)18(23)14-7-12(2)6-13(3)8-14/h4-10,22H,1-3H3. The van der Waals surface area contributed by atoms with Crippen molar-refractivity contribution in [3.8, 4) is 11.4 Å². The lowest BCUT2D eigenvalue weighted by Gasteiger charge is -2.04. The van der Waals surface area contributed by atoms with E-state index >= 15 is 0 Å². The highest BCUT2D eigenvalue weighted by molar-refractivity contribution is 6.07. The Kier molecular flexibility index (Phi) is 3.70. The van der Waals surface area contributed by atoms with Gasteiger partial charge in [0.25, 0.3) is 0 Å². The number of hydrogen-bond donors (Lipinski definition) is 1. The number of phenolic OH excluding ortho intramolecular Hbond substituents is 1. The molecule has 0 amide bonds. The summed E-state index contributed by atoms with van der Waals surface area (Å²) >= 11 is 0. The van der Waals surface area contributed by atoms with Gasteiger partial charge < -0.3 is 5.11 Å². The van der Waals surface area contributed by atoms with Crippen molar-refractivity contribution in [1.82, 2.24) is 15.0 Å². The molecule has 23 heavy (non-hydrogen) atoms. The summed E-state index contributed by atoms with van der Waals surface area (Å²) in [5.74, 6) is -0.0880. The van der Waals surface area contributed by atoms with Crippen molar-refractivity contribution < 1.29 is 9.90 Å². The normalized spacial score (nSPS) is 10.7. The van der Waals surface area contributed by atoms with Crippen LogP contribution in [0.1, 0.15) is 32.7 Å². The van der Waals surface area contributed by atoms with Crippen molar-refractivity contribution in [2.75, 3.05) is 0 Å². The summed E-state index contributed by atoms with van der Waals surface area (Å²) in [6.45, 7) is 5.79. The number of phenols is 1. The molecular weight excluding hydrogens is 290 g/mol. The third kappa shape index (κ3) is 2.99. The van der Waals surface area contributed by atoms with Crippen LogP contribution in [0.5, 0.6) is 5.75 Å². The van der Waals surface area contributed by atoms with Crippen molar-refractivity contribution in [2.24, 2.45) is 0 Å². The molecule has 0 fully saturated rings. The van der Waals surface area contributed by atoms with E-state index in [0.717, 1.165) is 16.7 Å². The lowest BCUT2D eigenvalue weighted by Crippen LogP contribution is -2.03. The third-order valence-electron chi connectivity index (χ3n) is 3.59. The first kappa shape index (κ1) is 15.0. The van der Waals surface area contributed by atoms with E-state index in [1.165, 1.54) is 10.9 Å². The average Bonchev–Trinajstić information content (AvgIpc) is 2.95. The van der Waals surface area contributed by atoms with Gasteiger partial charge in [-0.15, -0.1) is 5.10 Å². The van der Waals surface area contributed by atoms with Crippen LogP contribution >= 0.6 is 0 Å². The van der Waals surface area contributed by atoms with Gasteiger partial charge >= 0.3 is 0 Å². The molecule has 0 aliphatic rings. The minimum absolute atomic E-state index is 0.0975. The van der Waals surface area contributed by atoms with Gasteiger partial charge in [-0.3, -0.25) is 4.79 Å². The molecule has 116 valence electrons. The number of carbonyl (C=O) groups is 1.